The smallest absolute Gasteiger partial charge is 0.264 e. The maximum Gasteiger partial charge on any atom is 0.335 e. The van der Waals surface area contributed by atoms with Crippen LogP contribution in [0.25, 0.3) is 0 Å². The molecule has 0 saturated heterocycles. The first-order valence-corrected chi connectivity index (χ1v) is 2.97. The molecule has 62 valence electrons. The van der Waals surface area contributed by atoms with Crippen LogP contribution in [0, 0.1) is 10.1 Å². The van der Waals surface area contributed by atoms with Gasteiger partial charge in [0.2, 0.25) is 0 Å². The summed E-state index contributed by atoms with van der Waals surface area (Å²) in [6.45, 7) is 0. The van der Waals surface area contributed by atoms with E-state index in [1.807, 2.05) is 0 Å². The number of aromatic nitrogens is 1. The Morgan fingerprint density at radius 1 is 1.67 bits per heavy atom. The predicted octanol–water partition coefficient (Wildman–Crippen LogP) is 0.430. The Morgan fingerprint density at radius 3 is 2.92 bits per heavy atom. The molecule has 1 heterocycles. The van der Waals surface area contributed by atoms with E-state index in [4.69, 9.17) is 0 Å². The Balaban J connectivity index is 2.73. The first kappa shape index (κ1) is 8.12. The van der Waals surface area contributed by atoms with Crippen LogP contribution in [-0.2, 0) is 4.84 Å². The van der Waals surface area contributed by atoms with E-state index in [9.17, 15) is 14.9 Å². The molecule has 0 aliphatic carbocycles. The number of nitrogens with zero attached hydrogens (tertiary/aromatic N) is 2. The van der Waals surface area contributed by atoms with Crippen molar-refractivity contribution in [2.45, 2.75) is 0 Å². The normalized spacial score (nSPS) is 9.00. The number of carbonyl (C=O) groups excluding carboxylic acids is 1. The molecule has 0 unspecified atom stereocenters. The number of pyridine rings is 1. The minimum absolute atomic E-state index is 0.0502. The first-order valence-electron chi connectivity index (χ1n) is 2.97. The van der Waals surface area contributed by atoms with Crippen LogP contribution in [0.4, 0.5) is 0 Å². The molecule has 0 aliphatic rings. The van der Waals surface area contributed by atoms with Crippen LogP contribution in [0.3, 0.4) is 0 Å². The topological polar surface area (TPSA) is 82.3 Å². The van der Waals surface area contributed by atoms with Gasteiger partial charge in [0.05, 0.1) is 5.56 Å². The molecule has 0 fully saturated rings. The minimum Gasteiger partial charge on any atom is -0.264 e. The SMILES string of the molecule is O=C(O[N+](=O)[O-])c1cccnc1. The summed E-state index contributed by atoms with van der Waals surface area (Å²) in [6, 6.07) is 2.86. The van der Waals surface area contributed by atoms with Crippen LogP contribution in [0.15, 0.2) is 24.5 Å². The maximum absolute atomic E-state index is 10.8. The van der Waals surface area contributed by atoms with Crippen molar-refractivity contribution in [2.75, 3.05) is 0 Å². The largest absolute Gasteiger partial charge is 0.335 e. The van der Waals surface area contributed by atoms with Crippen molar-refractivity contribution in [1.29, 1.82) is 0 Å². The lowest BCUT2D eigenvalue weighted by molar-refractivity contribution is -0.727. The quantitative estimate of drug-likeness (QED) is 0.472. The number of rotatable bonds is 2. The summed E-state index contributed by atoms with van der Waals surface area (Å²) in [5.74, 6) is -1.02. The van der Waals surface area contributed by atoms with Gasteiger partial charge in [-0.2, -0.15) is 0 Å². The van der Waals surface area contributed by atoms with Gasteiger partial charge in [-0.15, -0.1) is 10.1 Å². The Kier molecular flexibility index (Phi) is 2.32. The fraction of sp³-hybridized carbons (Fsp3) is 0. The van der Waals surface area contributed by atoms with Gasteiger partial charge in [0.25, 0.3) is 0 Å². The molecule has 1 aromatic heterocycles. The lowest BCUT2D eigenvalue weighted by Crippen LogP contribution is -2.10. The molecule has 0 radical (unpaired) electrons. The zero-order chi connectivity index (χ0) is 8.97. The third-order valence-electron chi connectivity index (χ3n) is 1.05. The van der Waals surface area contributed by atoms with Gasteiger partial charge in [0, 0.05) is 12.4 Å². The maximum atomic E-state index is 10.8. The highest BCUT2D eigenvalue weighted by Crippen LogP contribution is 1.97. The lowest BCUT2D eigenvalue weighted by Gasteiger charge is -1.94. The van der Waals surface area contributed by atoms with Crippen molar-refractivity contribution in [1.82, 2.24) is 4.98 Å². The van der Waals surface area contributed by atoms with Crippen molar-refractivity contribution in [3.8, 4) is 0 Å². The molecule has 1 aromatic rings. The van der Waals surface area contributed by atoms with E-state index in [0.29, 0.717) is 0 Å². The molecule has 0 amide bonds. The van der Waals surface area contributed by atoms with Crippen molar-refractivity contribution in [2.24, 2.45) is 0 Å². The van der Waals surface area contributed by atoms with Crippen LogP contribution < -0.4 is 0 Å². The summed E-state index contributed by atoms with van der Waals surface area (Å²) in [7, 11) is 0. The highest BCUT2D eigenvalue weighted by Gasteiger charge is 2.09. The second kappa shape index (κ2) is 3.42. The summed E-state index contributed by atoms with van der Waals surface area (Å²) in [6.07, 6.45) is 2.63. The molecule has 1 rings (SSSR count). The van der Waals surface area contributed by atoms with Gasteiger partial charge in [-0.1, -0.05) is 0 Å². The molecular weight excluding hydrogens is 164 g/mol. The van der Waals surface area contributed by atoms with E-state index < -0.39 is 11.1 Å². The van der Waals surface area contributed by atoms with Gasteiger partial charge in [-0.3, -0.25) is 9.78 Å². The van der Waals surface area contributed by atoms with Gasteiger partial charge in [-0.25, -0.2) is 4.84 Å². The van der Waals surface area contributed by atoms with E-state index in [1.165, 1.54) is 24.5 Å². The Labute approximate surface area is 66.9 Å². The summed E-state index contributed by atoms with van der Waals surface area (Å²) >= 11 is 0. The zero-order valence-electron chi connectivity index (χ0n) is 5.84. The molecule has 0 N–H and O–H groups in total. The Hall–Kier alpha value is -1.98. The van der Waals surface area contributed by atoms with Crippen molar-refractivity contribution < 1.29 is 14.7 Å². The van der Waals surface area contributed by atoms with E-state index in [2.05, 4.69) is 9.82 Å². The van der Waals surface area contributed by atoms with Gasteiger partial charge in [0.1, 0.15) is 0 Å². The van der Waals surface area contributed by atoms with Gasteiger partial charge >= 0.3 is 11.1 Å². The molecule has 0 saturated carbocycles. The van der Waals surface area contributed by atoms with Crippen molar-refractivity contribution >= 4 is 5.97 Å². The Bertz CT molecular complexity index is 298. The standard InChI is InChI=1S/C6H4N2O4/c9-6(12-8(10)11)5-2-1-3-7-4-5/h1-4H. The summed E-state index contributed by atoms with van der Waals surface area (Å²) < 4.78 is 0. The van der Waals surface area contributed by atoms with Gasteiger partial charge < -0.3 is 0 Å². The van der Waals surface area contributed by atoms with Crippen LogP contribution in [0.5, 0.6) is 0 Å². The molecular formula is C6H4N2O4. The molecule has 12 heavy (non-hydrogen) atoms. The number of carbonyl (C=O) groups is 1. The molecule has 0 atom stereocenters. The van der Waals surface area contributed by atoms with Gasteiger partial charge in [0.15, 0.2) is 0 Å². The highest BCUT2D eigenvalue weighted by atomic mass is 17.0. The second-order valence-corrected chi connectivity index (χ2v) is 1.84. The first-order chi connectivity index (χ1) is 5.70. The van der Waals surface area contributed by atoms with Crippen LogP contribution in [0.2, 0.25) is 0 Å². The third kappa shape index (κ3) is 2.01. The summed E-state index contributed by atoms with van der Waals surface area (Å²) in [4.78, 5) is 27.7. The fourth-order valence-electron chi connectivity index (χ4n) is 0.604. The van der Waals surface area contributed by atoms with E-state index in [0.717, 1.165) is 0 Å². The van der Waals surface area contributed by atoms with Crippen LogP contribution in [0.1, 0.15) is 10.4 Å². The van der Waals surface area contributed by atoms with Crippen LogP contribution in [-0.4, -0.2) is 16.0 Å². The second-order valence-electron chi connectivity index (χ2n) is 1.84. The summed E-state index contributed by atoms with van der Waals surface area (Å²) in [5.41, 5.74) is 0.0502. The van der Waals surface area contributed by atoms with Crippen LogP contribution >= 0.6 is 0 Å². The van der Waals surface area contributed by atoms with E-state index in [1.54, 1.807) is 0 Å². The monoisotopic (exact) mass is 168 g/mol. The minimum atomic E-state index is -1.16. The number of hydrogen-bond donors (Lipinski definition) is 0. The predicted molar refractivity (Wildman–Crippen MR) is 36.6 cm³/mol. The Morgan fingerprint density at radius 2 is 2.42 bits per heavy atom. The molecule has 6 heteroatoms. The highest BCUT2D eigenvalue weighted by molar-refractivity contribution is 5.88. The zero-order valence-corrected chi connectivity index (χ0v) is 5.84. The van der Waals surface area contributed by atoms with E-state index in [-0.39, 0.29) is 5.56 Å². The molecule has 0 aromatic carbocycles. The molecule has 0 aliphatic heterocycles. The molecule has 0 bridgehead atoms. The average molecular weight is 168 g/mol. The average Bonchev–Trinajstić information content (AvgIpc) is 2.05. The van der Waals surface area contributed by atoms with Crippen molar-refractivity contribution in [3.05, 3.63) is 40.2 Å². The summed E-state index contributed by atoms with van der Waals surface area (Å²) in [5, 5.41) is 8.57. The molecule has 0 spiro atoms. The lowest BCUT2D eigenvalue weighted by atomic mass is 10.3. The van der Waals surface area contributed by atoms with E-state index >= 15 is 0 Å². The van der Waals surface area contributed by atoms with Gasteiger partial charge in [-0.05, 0) is 12.1 Å². The third-order valence-corrected chi connectivity index (χ3v) is 1.05. The molecule has 6 nitrogen and oxygen atoms in total. The number of hydrogen-bond acceptors (Lipinski definition) is 5. The van der Waals surface area contributed by atoms with Crippen molar-refractivity contribution in [3.63, 3.8) is 0 Å². The fourth-order valence-corrected chi connectivity index (χ4v) is 0.604.